The Morgan fingerprint density at radius 3 is 0.978 bits per heavy atom. The van der Waals surface area contributed by atoms with E-state index in [2.05, 4.69) is 57.2 Å². The Morgan fingerprint density at radius 1 is 0.533 bits per heavy atom. The van der Waals surface area contributed by atoms with Crippen molar-refractivity contribution in [2.45, 2.75) is 108 Å². The number of hydrogen-bond donors (Lipinski definition) is 0. The van der Waals surface area contributed by atoms with Crippen LogP contribution < -0.4 is 0 Å². The van der Waals surface area contributed by atoms with Crippen molar-refractivity contribution in [2.24, 2.45) is 35.5 Å². The Morgan fingerprint density at radius 2 is 0.778 bits per heavy atom. The molecule has 7 rings (SSSR count). The highest BCUT2D eigenvalue weighted by molar-refractivity contribution is 6.42. The van der Waals surface area contributed by atoms with E-state index < -0.39 is 14.6 Å². The van der Waals surface area contributed by atoms with Crippen LogP contribution in [0.25, 0.3) is 0 Å². The fourth-order valence-corrected chi connectivity index (χ4v) is 15.1. The van der Waals surface area contributed by atoms with E-state index in [0.29, 0.717) is 0 Å². The molecule has 15 atom stereocenters. The molecular formula is C36H39Cl9. The normalized spacial score (nSPS) is 46.4. The molecule has 0 aromatic heterocycles. The number of hydrogen-bond acceptors (Lipinski definition) is 0. The molecule has 0 nitrogen and oxygen atoms in total. The lowest BCUT2D eigenvalue weighted by molar-refractivity contribution is 0.360. The first-order valence-electron chi connectivity index (χ1n) is 16.5. The van der Waals surface area contributed by atoms with Crippen LogP contribution in [0.1, 0.15) is 93.7 Å². The number of alkyl halides is 6. The van der Waals surface area contributed by atoms with Gasteiger partial charge >= 0.3 is 0 Å². The summed E-state index contributed by atoms with van der Waals surface area (Å²) in [6.07, 6.45) is 11.2. The lowest BCUT2D eigenvalue weighted by Crippen LogP contribution is -2.39. The highest BCUT2D eigenvalue weighted by Gasteiger charge is 2.62. The van der Waals surface area contributed by atoms with Crippen LogP contribution in [0.3, 0.4) is 0 Å². The lowest BCUT2D eigenvalue weighted by atomic mass is 9.70. The van der Waals surface area contributed by atoms with Crippen LogP contribution in [0.2, 0.25) is 0 Å². The molecule has 0 heterocycles. The summed E-state index contributed by atoms with van der Waals surface area (Å²) in [5, 5.41) is 1.93. The molecule has 0 amide bonds. The Labute approximate surface area is 313 Å². The van der Waals surface area contributed by atoms with Gasteiger partial charge in [-0.2, -0.15) is 0 Å². The van der Waals surface area contributed by atoms with Gasteiger partial charge in [0.15, 0.2) is 0 Å². The first-order chi connectivity index (χ1) is 21.2. The van der Waals surface area contributed by atoms with Crippen LogP contribution in [0.4, 0.5) is 0 Å². The molecule has 15 unspecified atom stereocenters. The highest BCUT2D eigenvalue weighted by atomic mass is 35.5. The number of fused-ring (bicyclic) bond motifs is 6. The van der Waals surface area contributed by atoms with Gasteiger partial charge in [-0.3, -0.25) is 0 Å². The summed E-state index contributed by atoms with van der Waals surface area (Å²) < 4.78 is 0. The van der Waals surface area contributed by atoms with Gasteiger partial charge < -0.3 is 0 Å². The standard InChI is InChI=1S/C36H39Cl9/c1-4-22(28-31(40)19-10-25(37)34(28,43)13-19)16-7-17(23(5-2)29-32(41)20-11-26(38)35(29,44)14-20)9-18(8-16)24(6-3)30-33(42)21-12-27(39)36(30,45)15-21/h7-12,19-24,28-33H,4-6,13-15H2,1-3H3. The van der Waals surface area contributed by atoms with Crippen LogP contribution >= 0.6 is 104 Å². The Balaban J connectivity index is 1.37. The number of benzene rings is 1. The number of halogens is 9. The topological polar surface area (TPSA) is 0 Å². The minimum absolute atomic E-state index is 0.00313. The summed E-state index contributed by atoms with van der Waals surface area (Å²) >= 11 is 64.3. The molecule has 9 heteroatoms. The van der Waals surface area contributed by atoms with Crippen LogP contribution in [0, 0.1) is 35.5 Å². The van der Waals surface area contributed by atoms with Gasteiger partial charge in [0.1, 0.15) is 0 Å². The smallest absolute Gasteiger partial charge is 0.0852 e. The van der Waals surface area contributed by atoms with Crippen molar-refractivity contribution in [3.8, 4) is 0 Å². The molecule has 6 aliphatic carbocycles. The van der Waals surface area contributed by atoms with Gasteiger partial charge in [-0.25, -0.2) is 0 Å². The van der Waals surface area contributed by atoms with Gasteiger partial charge in [0.25, 0.3) is 0 Å². The summed E-state index contributed by atoms with van der Waals surface area (Å²) in [6.45, 7) is 6.68. The van der Waals surface area contributed by atoms with Crippen molar-refractivity contribution in [3.63, 3.8) is 0 Å². The second-order valence-corrected chi connectivity index (χ2v) is 19.4. The largest absolute Gasteiger partial charge is 0.122 e. The predicted molar refractivity (Wildman–Crippen MR) is 197 cm³/mol. The van der Waals surface area contributed by atoms with Gasteiger partial charge in [-0.15, -0.1) is 69.6 Å². The summed E-state index contributed by atoms with van der Waals surface area (Å²) in [5.74, 6) is 0.835. The van der Waals surface area contributed by atoms with Crippen molar-refractivity contribution in [2.75, 3.05) is 0 Å². The zero-order valence-electron chi connectivity index (χ0n) is 25.5. The third-order valence-corrected chi connectivity index (χ3v) is 17.9. The summed E-state index contributed by atoms with van der Waals surface area (Å²) in [4.78, 5) is -1.96. The summed E-state index contributed by atoms with van der Waals surface area (Å²) in [7, 11) is 0. The Hall–Kier alpha value is 1.05. The van der Waals surface area contributed by atoms with Crippen molar-refractivity contribution in [3.05, 3.63) is 68.2 Å². The third-order valence-electron chi connectivity index (χ3n) is 12.6. The highest BCUT2D eigenvalue weighted by Crippen LogP contribution is 2.66. The molecule has 0 spiro atoms. The van der Waals surface area contributed by atoms with E-state index in [9.17, 15) is 0 Å². The van der Waals surface area contributed by atoms with Crippen LogP contribution in [-0.2, 0) is 0 Å². The molecule has 0 N–H and O–H groups in total. The summed E-state index contributed by atoms with van der Waals surface area (Å²) in [6, 6.07) is 7.13. The maximum absolute atomic E-state index is 7.39. The second kappa shape index (κ2) is 12.1. The Bertz CT molecular complexity index is 1280. The fourth-order valence-electron chi connectivity index (χ4n) is 10.6. The molecule has 3 fully saturated rings. The molecule has 0 radical (unpaired) electrons. The average Bonchev–Trinajstić information content (AvgIpc) is 3.76. The van der Waals surface area contributed by atoms with Crippen molar-refractivity contribution in [1.82, 2.24) is 0 Å². The molecule has 1 aromatic carbocycles. The lowest BCUT2D eigenvalue weighted by Gasteiger charge is -2.41. The van der Waals surface area contributed by atoms with E-state index in [-0.39, 0.29) is 69.4 Å². The molecule has 6 bridgehead atoms. The average molecular weight is 791 g/mol. The minimum atomic E-state index is -0.654. The van der Waals surface area contributed by atoms with Crippen molar-refractivity contribution in [1.29, 1.82) is 0 Å². The minimum Gasteiger partial charge on any atom is -0.122 e. The van der Waals surface area contributed by atoms with E-state index in [1.165, 1.54) is 16.7 Å². The third kappa shape index (κ3) is 4.94. The monoisotopic (exact) mass is 786 g/mol. The molecular weight excluding hydrogens is 751 g/mol. The Kier molecular flexibility index (Phi) is 9.26. The van der Waals surface area contributed by atoms with Gasteiger partial charge in [-0.1, -0.05) is 92.0 Å². The first kappa shape index (κ1) is 34.5. The molecule has 0 aliphatic heterocycles. The van der Waals surface area contributed by atoms with E-state index in [1.54, 1.807) is 0 Å². The van der Waals surface area contributed by atoms with E-state index in [4.69, 9.17) is 104 Å². The zero-order chi connectivity index (χ0) is 32.4. The molecule has 3 saturated carbocycles. The van der Waals surface area contributed by atoms with Crippen molar-refractivity contribution < 1.29 is 0 Å². The van der Waals surface area contributed by atoms with Crippen LogP contribution in [0.5, 0.6) is 0 Å². The maximum atomic E-state index is 7.39. The molecule has 246 valence electrons. The van der Waals surface area contributed by atoms with E-state index in [1.807, 2.05) is 0 Å². The van der Waals surface area contributed by atoms with Crippen LogP contribution in [-0.4, -0.2) is 30.8 Å². The van der Waals surface area contributed by atoms with Gasteiger partial charge in [0.2, 0.25) is 0 Å². The van der Waals surface area contributed by atoms with Gasteiger partial charge in [0, 0.05) is 49.0 Å². The predicted octanol–water partition coefficient (Wildman–Crippen LogP) is 13.2. The molecule has 45 heavy (non-hydrogen) atoms. The quantitative estimate of drug-likeness (QED) is 0.219. The van der Waals surface area contributed by atoms with E-state index >= 15 is 0 Å². The van der Waals surface area contributed by atoms with Crippen molar-refractivity contribution >= 4 is 104 Å². The molecule has 1 aromatic rings. The van der Waals surface area contributed by atoms with E-state index in [0.717, 1.165) is 53.6 Å². The zero-order valence-corrected chi connectivity index (χ0v) is 32.3. The van der Waals surface area contributed by atoms with Crippen LogP contribution in [0.15, 0.2) is 51.5 Å². The molecule has 0 saturated heterocycles. The number of allylic oxidation sites excluding steroid dienone is 6. The fraction of sp³-hybridized carbons (Fsp3) is 0.667. The summed E-state index contributed by atoms with van der Waals surface area (Å²) in [5.41, 5.74) is 3.69. The number of rotatable bonds is 9. The SMILES string of the molecule is CCC(c1cc(C(CC)C2C(Cl)C3C=C(Cl)C2(Cl)C3)cc(C(CC)C2C(Cl)C3C=C(Cl)C2(Cl)C3)c1)C1C(Cl)C2C=C(Cl)C1(Cl)C2. The first-order valence-corrected chi connectivity index (χ1v) is 20.1. The van der Waals surface area contributed by atoms with Gasteiger partial charge in [-0.05, 0) is 90.7 Å². The van der Waals surface area contributed by atoms with Gasteiger partial charge in [0.05, 0.1) is 14.6 Å². The maximum Gasteiger partial charge on any atom is 0.0852 e. The molecule has 6 aliphatic rings. The second-order valence-electron chi connectivity index (χ2n) is 14.6.